The lowest BCUT2D eigenvalue weighted by atomic mass is 10.1. The van der Waals surface area contributed by atoms with Crippen LogP contribution < -0.4 is 10.1 Å². The van der Waals surface area contributed by atoms with Crippen LogP contribution in [0.25, 0.3) is 5.69 Å². The number of anilines is 1. The van der Waals surface area contributed by atoms with Crippen molar-refractivity contribution in [3.63, 3.8) is 0 Å². The van der Waals surface area contributed by atoms with Crippen molar-refractivity contribution in [1.29, 1.82) is 0 Å². The third-order valence-corrected chi connectivity index (χ3v) is 5.16. The van der Waals surface area contributed by atoms with Gasteiger partial charge in [-0.3, -0.25) is 9.36 Å². The summed E-state index contributed by atoms with van der Waals surface area (Å²) in [6, 6.07) is 13.5. The first kappa shape index (κ1) is 19.0. The Balaban J connectivity index is 1.71. The van der Waals surface area contributed by atoms with Crippen LogP contribution in [-0.2, 0) is 4.79 Å². The van der Waals surface area contributed by atoms with Crippen molar-refractivity contribution in [2.45, 2.75) is 25.9 Å². The standard InChI is InChI=1S/C20H22N4O2S/c1-13-8-9-17(10-14(13)2)24-15(3)22-23-20(24)27-12-19(25)21-16-6-5-7-18(11-16)26-4/h5-11H,12H2,1-4H3,(H,21,25). The van der Waals surface area contributed by atoms with Crippen molar-refractivity contribution in [2.24, 2.45) is 0 Å². The fourth-order valence-corrected chi connectivity index (χ4v) is 3.42. The van der Waals surface area contributed by atoms with Gasteiger partial charge in [-0.1, -0.05) is 23.9 Å². The number of nitrogens with zero attached hydrogens (tertiary/aromatic N) is 3. The second-order valence-electron chi connectivity index (χ2n) is 6.20. The molecule has 3 rings (SSSR count). The molecule has 140 valence electrons. The number of hydrogen-bond donors (Lipinski definition) is 1. The molecule has 1 aromatic heterocycles. The summed E-state index contributed by atoms with van der Waals surface area (Å²) in [5, 5.41) is 12.0. The summed E-state index contributed by atoms with van der Waals surface area (Å²) in [5.74, 6) is 1.61. The van der Waals surface area contributed by atoms with Gasteiger partial charge in [0.1, 0.15) is 11.6 Å². The number of aryl methyl sites for hydroxylation is 3. The van der Waals surface area contributed by atoms with Crippen LogP contribution in [0.2, 0.25) is 0 Å². The molecule has 0 radical (unpaired) electrons. The Morgan fingerprint density at radius 2 is 1.93 bits per heavy atom. The fourth-order valence-electron chi connectivity index (χ4n) is 2.63. The van der Waals surface area contributed by atoms with E-state index in [0.717, 1.165) is 11.5 Å². The smallest absolute Gasteiger partial charge is 0.234 e. The van der Waals surface area contributed by atoms with Gasteiger partial charge >= 0.3 is 0 Å². The molecule has 0 spiro atoms. The molecule has 3 aromatic rings. The van der Waals surface area contributed by atoms with E-state index in [-0.39, 0.29) is 11.7 Å². The minimum Gasteiger partial charge on any atom is -0.497 e. The van der Waals surface area contributed by atoms with Gasteiger partial charge < -0.3 is 10.1 Å². The minimum atomic E-state index is -0.111. The fraction of sp³-hybridized carbons (Fsp3) is 0.250. The molecule has 27 heavy (non-hydrogen) atoms. The van der Waals surface area contributed by atoms with E-state index >= 15 is 0 Å². The molecule has 0 aliphatic rings. The van der Waals surface area contributed by atoms with Crippen LogP contribution in [-0.4, -0.2) is 33.5 Å². The van der Waals surface area contributed by atoms with Gasteiger partial charge in [0.15, 0.2) is 5.16 Å². The van der Waals surface area contributed by atoms with Crippen LogP contribution in [0.4, 0.5) is 5.69 Å². The largest absolute Gasteiger partial charge is 0.497 e. The van der Waals surface area contributed by atoms with E-state index in [1.165, 1.54) is 22.9 Å². The van der Waals surface area contributed by atoms with Crippen molar-refractivity contribution < 1.29 is 9.53 Å². The summed E-state index contributed by atoms with van der Waals surface area (Å²) in [6.07, 6.45) is 0. The first-order chi connectivity index (χ1) is 13.0. The van der Waals surface area contributed by atoms with Crippen LogP contribution in [0.15, 0.2) is 47.6 Å². The number of methoxy groups -OCH3 is 1. The molecule has 0 atom stereocenters. The maximum atomic E-state index is 12.3. The topological polar surface area (TPSA) is 69.0 Å². The van der Waals surface area contributed by atoms with E-state index in [0.29, 0.717) is 16.6 Å². The molecular weight excluding hydrogens is 360 g/mol. The average Bonchev–Trinajstić information content (AvgIpc) is 3.03. The Bertz CT molecular complexity index is 968. The summed E-state index contributed by atoms with van der Waals surface area (Å²) in [7, 11) is 1.60. The highest BCUT2D eigenvalue weighted by Gasteiger charge is 2.14. The highest BCUT2D eigenvalue weighted by Crippen LogP contribution is 2.24. The van der Waals surface area contributed by atoms with Crippen LogP contribution in [0.5, 0.6) is 5.75 Å². The second-order valence-corrected chi connectivity index (χ2v) is 7.15. The molecule has 1 amide bonds. The lowest BCUT2D eigenvalue weighted by molar-refractivity contribution is -0.113. The normalized spacial score (nSPS) is 10.7. The predicted molar refractivity (Wildman–Crippen MR) is 108 cm³/mol. The zero-order chi connectivity index (χ0) is 19.4. The van der Waals surface area contributed by atoms with Crippen molar-refractivity contribution in [3.05, 3.63) is 59.4 Å². The molecule has 1 heterocycles. The maximum Gasteiger partial charge on any atom is 0.234 e. The molecule has 1 N–H and O–H groups in total. The SMILES string of the molecule is COc1cccc(NC(=O)CSc2nnc(C)n2-c2ccc(C)c(C)c2)c1. The lowest BCUT2D eigenvalue weighted by Crippen LogP contribution is -2.14. The third kappa shape index (κ3) is 4.49. The molecular formula is C20H22N4O2S. The van der Waals surface area contributed by atoms with Gasteiger partial charge in [-0.25, -0.2) is 0 Å². The predicted octanol–water partition coefficient (Wildman–Crippen LogP) is 3.93. The number of ether oxygens (including phenoxy) is 1. The van der Waals surface area contributed by atoms with Gasteiger partial charge in [-0.15, -0.1) is 10.2 Å². The third-order valence-electron chi connectivity index (χ3n) is 4.23. The van der Waals surface area contributed by atoms with Crippen molar-refractivity contribution in [3.8, 4) is 11.4 Å². The van der Waals surface area contributed by atoms with Gasteiger partial charge in [-0.2, -0.15) is 0 Å². The van der Waals surface area contributed by atoms with Crippen LogP contribution >= 0.6 is 11.8 Å². The van der Waals surface area contributed by atoms with Gasteiger partial charge in [0.25, 0.3) is 0 Å². The molecule has 0 bridgehead atoms. The number of aromatic nitrogens is 3. The summed E-state index contributed by atoms with van der Waals surface area (Å²) in [6.45, 7) is 6.06. The first-order valence-corrected chi connectivity index (χ1v) is 9.53. The average molecular weight is 382 g/mol. The van der Waals surface area contributed by atoms with E-state index in [4.69, 9.17) is 4.74 Å². The van der Waals surface area contributed by atoms with E-state index in [2.05, 4.69) is 41.5 Å². The van der Waals surface area contributed by atoms with Gasteiger partial charge in [0.2, 0.25) is 5.91 Å². The summed E-state index contributed by atoms with van der Waals surface area (Å²) < 4.78 is 7.14. The molecule has 0 unspecified atom stereocenters. The van der Waals surface area contributed by atoms with Crippen LogP contribution in [0, 0.1) is 20.8 Å². The zero-order valence-electron chi connectivity index (χ0n) is 15.8. The van der Waals surface area contributed by atoms with Gasteiger partial charge in [0.05, 0.1) is 12.9 Å². The van der Waals surface area contributed by atoms with E-state index in [1.54, 1.807) is 13.2 Å². The number of benzene rings is 2. The Labute approximate surface area is 163 Å². The van der Waals surface area contributed by atoms with Crippen molar-refractivity contribution in [1.82, 2.24) is 14.8 Å². The van der Waals surface area contributed by atoms with Crippen LogP contribution in [0.1, 0.15) is 17.0 Å². The number of carbonyl (C=O) groups excluding carboxylic acids is 1. The minimum absolute atomic E-state index is 0.111. The molecule has 0 saturated heterocycles. The first-order valence-electron chi connectivity index (χ1n) is 8.54. The van der Waals surface area contributed by atoms with Gasteiger partial charge in [0, 0.05) is 17.4 Å². The Hall–Kier alpha value is -2.80. The molecule has 0 fully saturated rings. The number of hydrogen-bond acceptors (Lipinski definition) is 5. The molecule has 2 aromatic carbocycles. The highest BCUT2D eigenvalue weighted by molar-refractivity contribution is 7.99. The number of nitrogens with one attached hydrogen (secondary N) is 1. The Kier molecular flexibility index (Phi) is 5.81. The summed E-state index contributed by atoms with van der Waals surface area (Å²) in [5.41, 5.74) is 4.13. The molecule has 0 aliphatic heterocycles. The molecule has 0 saturated carbocycles. The van der Waals surface area contributed by atoms with Crippen molar-refractivity contribution >= 4 is 23.4 Å². The number of thioether (sulfide) groups is 1. The summed E-state index contributed by atoms with van der Waals surface area (Å²) >= 11 is 1.36. The van der Waals surface area contributed by atoms with Crippen LogP contribution in [0.3, 0.4) is 0 Å². The van der Waals surface area contributed by atoms with Gasteiger partial charge in [-0.05, 0) is 56.2 Å². The number of amides is 1. The Morgan fingerprint density at radius 3 is 2.67 bits per heavy atom. The quantitative estimate of drug-likeness (QED) is 0.654. The second kappa shape index (κ2) is 8.26. The van der Waals surface area contributed by atoms with E-state index < -0.39 is 0 Å². The number of carbonyl (C=O) groups is 1. The monoisotopic (exact) mass is 382 g/mol. The van der Waals surface area contributed by atoms with E-state index in [1.807, 2.05) is 35.8 Å². The summed E-state index contributed by atoms with van der Waals surface area (Å²) in [4.78, 5) is 12.3. The highest BCUT2D eigenvalue weighted by atomic mass is 32.2. The molecule has 6 nitrogen and oxygen atoms in total. The molecule has 7 heteroatoms. The maximum absolute atomic E-state index is 12.3. The zero-order valence-corrected chi connectivity index (χ0v) is 16.6. The number of rotatable bonds is 6. The lowest BCUT2D eigenvalue weighted by Gasteiger charge is -2.11. The Morgan fingerprint density at radius 1 is 1.11 bits per heavy atom. The van der Waals surface area contributed by atoms with Crippen molar-refractivity contribution in [2.75, 3.05) is 18.2 Å². The molecule has 0 aliphatic carbocycles. The van der Waals surface area contributed by atoms with E-state index in [9.17, 15) is 4.79 Å².